The first kappa shape index (κ1) is 19.0. The number of halogens is 1. The third kappa shape index (κ3) is 5.12. The number of aromatic nitrogens is 2. The third-order valence-electron chi connectivity index (χ3n) is 3.75. The highest BCUT2D eigenvalue weighted by Crippen LogP contribution is 2.22. The highest BCUT2D eigenvalue weighted by Gasteiger charge is 2.08. The van der Waals surface area contributed by atoms with Gasteiger partial charge in [-0.25, -0.2) is 9.97 Å². The summed E-state index contributed by atoms with van der Waals surface area (Å²) in [6, 6.07) is 14.2. The molecule has 0 atom stereocenters. The Morgan fingerprint density at radius 3 is 2.37 bits per heavy atom. The van der Waals surface area contributed by atoms with Crippen LogP contribution in [0.5, 0.6) is 0 Å². The molecule has 1 aromatic heterocycles. The molecule has 0 aliphatic carbocycles. The molecule has 3 rings (SSSR count). The molecular weight excluding hydrogens is 382 g/mol. The minimum atomic E-state index is -0.178. The van der Waals surface area contributed by atoms with Gasteiger partial charge in [-0.05, 0) is 48.4 Å². The molecule has 138 valence electrons. The smallest absolute Gasteiger partial charge is 0.255 e. The zero-order valence-electron chi connectivity index (χ0n) is 14.6. The second-order valence-electron chi connectivity index (χ2n) is 5.90. The van der Waals surface area contributed by atoms with Crippen molar-refractivity contribution in [1.82, 2.24) is 9.97 Å². The number of nitrogens with zero attached hydrogens (tertiary/aromatic N) is 2. The van der Waals surface area contributed by atoms with E-state index in [0.717, 1.165) is 11.1 Å². The number of hydrogen-bond donors (Lipinski definition) is 3. The van der Waals surface area contributed by atoms with Gasteiger partial charge in [0.05, 0.1) is 0 Å². The maximum absolute atomic E-state index is 12.4. The molecule has 0 fully saturated rings. The number of amides is 1. The molecule has 0 aliphatic rings. The lowest BCUT2D eigenvalue weighted by Crippen LogP contribution is -2.11. The van der Waals surface area contributed by atoms with Gasteiger partial charge in [0.2, 0.25) is 0 Å². The van der Waals surface area contributed by atoms with Crippen LogP contribution in [0.2, 0.25) is 5.02 Å². The predicted octanol–water partition coefficient (Wildman–Crippen LogP) is 4.15. The van der Waals surface area contributed by atoms with Gasteiger partial charge in [-0.15, -0.1) is 0 Å². The minimum Gasteiger partial charge on any atom is -0.383 e. The number of carbonyl (C=O) groups is 1. The minimum absolute atomic E-state index is 0.178. The van der Waals surface area contributed by atoms with Gasteiger partial charge < -0.3 is 16.8 Å². The molecule has 0 radical (unpaired) electrons. The summed E-state index contributed by atoms with van der Waals surface area (Å²) in [6.45, 7) is 1.89. The zero-order valence-corrected chi connectivity index (χ0v) is 16.1. The molecule has 5 N–H and O–H groups in total. The second-order valence-corrected chi connectivity index (χ2v) is 7.25. The summed E-state index contributed by atoms with van der Waals surface area (Å²) in [5.74, 6) is 1.15. The van der Waals surface area contributed by atoms with E-state index in [1.807, 2.05) is 25.1 Å². The van der Waals surface area contributed by atoms with E-state index in [2.05, 4.69) is 15.3 Å². The monoisotopic (exact) mass is 399 g/mol. The molecule has 27 heavy (non-hydrogen) atoms. The summed E-state index contributed by atoms with van der Waals surface area (Å²) >= 11 is 7.43. The maximum atomic E-state index is 12.4. The van der Waals surface area contributed by atoms with E-state index in [1.165, 1.54) is 17.8 Å². The predicted molar refractivity (Wildman–Crippen MR) is 111 cm³/mol. The molecular formula is C19H18ClN5OS. The number of nitrogen functional groups attached to an aromatic ring is 2. The Morgan fingerprint density at radius 2 is 1.74 bits per heavy atom. The molecule has 8 heteroatoms. The molecule has 0 unspecified atom stereocenters. The van der Waals surface area contributed by atoms with Crippen molar-refractivity contribution in [2.75, 3.05) is 16.8 Å². The highest BCUT2D eigenvalue weighted by atomic mass is 35.5. The van der Waals surface area contributed by atoms with Gasteiger partial charge in [0.25, 0.3) is 5.91 Å². The summed E-state index contributed by atoms with van der Waals surface area (Å²) in [5, 5.41) is 4.05. The highest BCUT2D eigenvalue weighted by molar-refractivity contribution is 7.98. The average Bonchev–Trinajstić information content (AvgIpc) is 2.63. The summed E-state index contributed by atoms with van der Waals surface area (Å²) in [7, 11) is 0. The Hall–Kier alpha value is -2.77. The summed E-state index contributed by atoms with van der Waals surface area (Å²) in [4.78, 5) is 20.6. The van der Waals surface area contributed by atoms with Crippen LogP contribution in [0.1, 0.15) is 21.5 Å². The van der Waals surface area contributed by atoms with Gasteiger partial charge >= 0.3 is 0 Å². The van der Waals surface area contributed by atoms with Gasteiger partial charge in [-0.1, -0.05) is 35.5 Å². The summed E-state index contributed by atoms with van der Waals surface area (Å²) in [6.07, 6.45) is 0. The number of aryl methyl sites for hydroxylation is 1. The SMILES string of the molecule is Cc1cc(NC(=O)c2ccc(CSc3nc(N)cc(N)n3)cc2)ccc1Cl. The number of benzene rings is 2. The van der Waals surface area contributed by atoms with E-state index in [-0.39, 0.29) is 5.91 Å². The average molecular weight is 400 g/mol. The first-order valence-corrected chi connectivity index (χ1v) is 9.46. The molecule has 1 heterocycles. The molecule has 3 aromatic rings. The van der Waals surface area contributed by atoms with Crippen LogP contribution in [0.4, 0.5) is 17.3 Å². The van der Waals surface area contributed by atoms with Crippen molar-refractivity contribution >= 4 is 46.6 Å². The Morgan fingerprint density at radius 1 is 1.07 bits per heavy atom. The fourth-order valence-corrected chi connectivity index (χ4v) is 3.30. The maximum Gasteiger partial charge on any atom is 0.255 e. The van der Waals surface area contributed by atoms with E-state index in [4.69, 9.17) is 23.1 Å². The molecule has 2 aromatic carbocycles. The van der Waals surface area contributed by atoms with E-state index in [0.29, 0.717) is 38.8 Å². The van der Waals surface area contributed by atoms with Gasteiger partial charge in [-0.2, -0.15) is 0 Å². The third-order valence-corrected chi connectivity index (χ3v) is 5.09. The van der Waals surface area contributed by atoms with E-state index < -0.39 is 0 Å². The van der Waals surface area contributed by atoms with Crippen LogP contribution >= 0.6 is 23.4 Å². The molecule has 1 amide bonds. The lowest BCUT2D eigenvalue weighted by atomic mass is 10.1. The van der Waals surface area contributed by atoms with Gasteiger partial charge in [-0.3, -0.25) is 4.79 Å². The van der Waals surface area contributed by atoms with Crippen LogP contribution in [-0.4, -0.2) is 15.9 Å². The fraction of sp³-hybridized carbons (Fsp3) is 0.105. The molecule has 0 saturated carbocycles. The number of anilines is 3. The second kappa shape index (κ2) is 8.28. The Balaban J connectivity index is 1.62. The number of rotatable bonds is 5. The Bertz CT molecular complexity index is 958. The summed E-state index contributed by atoms with van der Waals surface area (Å²) < 4.78 is 0. The van der Waals surface area contributed by atoms with Gasteiger partial charge in [0.15, 0.2) is 5.16 Å². The van der Waals surface area contributed by atoms with Crippen molar-refractivity contribution in [2.45, 2.75) is 17.8 Å². The van der Waals surface area contributed by atoms with Gasteiger partial charge in [0, 0.05) is 28.1 Å². The summed E-state index contributed by atoms with van der Waals surface area (Å²) in [5.41, 5.74) is 14.5. The van der Waals surface area contributed by atoms with E-state index >= 15 is 0 Å². The van der Waals surface area contributed by atoms with Crippen molar-refractivity contribution in [3.63, 3.8) is 0 Å². The Kier molecular flexibility index (Phi) is 5.83. The van der Waals surface area contributed by atoms with Gasteiger partial charge in [0.1, 0.15) is 11.6 Å². The van der Waals surface area contributed by atoms with Crippen molar-refractivity contribution in [2.24, 2.45) is 0 Å². The molecule has 0 spiro atoms. The lowest BCUT2D eigenvalue weighted by Gasteiger charge is -2.08. The number of thioether (sulfide) groups is 1. The molecule has 0 saturated heterocycles. The van der Waals surface area contributed by atoms with Crippen molar-refractivity contribution < 1.29 is 4.79 Å². The van der Waals surface area contributed by atoms with Crippen LogP contribution in [0, 0.1) is 6.92 Å². The lowest BCUT2D eigenvalue weighted by molar-refractivity contribution is 0.102. The van der Waals surface area contributed by atoms with Crippen LogP contribution in [0.15, 0.2) is 53.7 Å². The van der Waals surface area contributed by atoms with Crippen LogP contribution in [0.3, 0.4) is 0 Å². The first-order chi connectivity index (χ1) is 12.9. The van der Waals surface area contributed by atoms with Crippen molar-refractivity contribution in [3.8, 4) is 0 Å². The van der Waals surface area contributed by atoms with E-state index in [1.54, 1.807) is 24.3 Å². The van der Waals surface area contributed by atoms with Crippen LogP contribution in [-0.2, 0) is 5.75 Å². The molecule has 0 aliphatic heterocycles. The number of nitrogens with two attached hydrogens (primary N) is 2. The first-order valence-electron chi connectivity index (χ1n) is 8.10. The van der Waals surface area contributed by atoms with E-state index in [9.17, 15) is 4.79 Å². The van der Waals surface area contributed by atoms with Crippen LogP contribution < -0.4 is 16.8 Å². The molecule has 6 nitrogen and oxygen atoms in total. The zero-order chi connectivity index (χ0) is 19.4. The van der Waals surface area contributed by atoms with Crippen molar-refractivity contribution in [1.29, 1.82) is 0 Å². The standard InChI is InChI=1S/C19H18ClN5OS/c1-11-8-14(6-7-15(11)20)23-18(26)13-4-2-12(3-5-13)10-27-19-24-16(21)9-17(22)25-19/h2-9H,10H2,1H3,(H,23,26)(H4,21,22,24,25). The normalized spacial score (nSPS) is 10.6. The number of carbonyl (C=O) groups excluding carboxylic acids is 1. The largest absolute Gasteiger partial charge is 0.383 e. The van der Waals surface area contributed by atoms with Crippen molar-refractivity contribution in [3.05, 3.63) is 70.2 Å². The topological polar surface area (TPSA) is 107 Å². The number of nitrogens with one attached hydrogen (secondary N) is 1. The van der Waals surface area contributed by atoms with Crippen LogP contribution in [0.25, 0.3) is 0 Å². The Labute approximate surface area is 166 Å². The quantitative estimate of drug-likeness (QED) is 0.439. The fourth-order valence-electron chi connectivity index (χ4n) is 2.35. The molecule has 0 bridgehead atoms. The number of hydrogen-bond acceptors (Lipinski definition) is 6.